The summed E-state index contributed by atoms with van der Waals surface area (Å²) in [5.41, 5.74) is 1.95. The van der Waals surface area contributed by atoms with Crippen LogP contribution in [0.3, 0.4) is 0 Å². The van der Waals surface area contributed by atoms with Crippen molar-refractivity contribution in [2.45, 2.75) is 32.7 Å². The van der Waals surface area contributed by atoms with Crippen molar-refractivity contribution < 1.29 is 14.7 Å². The summed E-state index contributed by atoms with van der Waals surface area (Å²) >= 11 is 0. The van der Waals surface area contributed by atoms with Crippen LogP contribution < -0.4 is 0 Å². The molecule has 0 aliphatic carbocycles. The fourth-order valence-corrected chi connectivity index (χ4v) is 2.81. The van der Waals surface area contributed by atoms with Crippen LogP contribution in [0.1, 0.15) is 36.2 Å². The minimum Gasteiger partial charge on any atom is -0.481 e. The highest BCUT2D eigenvalue weighted by molar-refractivity contribution is 5.94. The van der Waals surface area contributed by atoms with Crippen LogP contribution in [0.15, 0.2) is 24.3 Å². The molecule has 5 heteroatoms. The summed E-state index contributed by atoms with van der Waals surface area (Å²) in [5.74, 6) is -0.713. The first-order valence-electron chi connectivity index (χ1n) is 7.85. The quantitative estimate of drug-likeness (QED) is 0.902. The number of rotatable bonds is 5. The molecule has 0 spiro atoms. The molecule has 1 aromatic carbocycles. The van der Waals surface area contributed by atoms with E-state index in [9.17, 15) is 9.59 Å². The van der Waals surface area contributed by atoms with Crippen LogP contribution in [0.2, 0.25) is 0 Å². The molecule has 0 radical (unpaired) electrons. The number of aliphatic carboxylic acids is 1. The molecular formula is C17H24N2O3. The van der Waals surface area contributed by atoms with E-state index in [0.29, 0.717) is 13.1 Å². The van der Waals surface area contributed by atoms with Gasteiger partial charge < -0.3 is 10.0 Å². The Morgan fingerprint density at radius 1 is 1.14 bits per heavy atom. The molecule has 1 amide bonds. The second kappa shape index (κ2) is 7.40. The number of aryl methyl sites for hydroxylation is 1. The predicted molar refractivity (Wildman–Crippen MR) is 85.0 cm³/mol. The van der Waals surface area contributed by atoms with Crippen LogP contribution in [0.25, 0.3) is 0 Å². The maximum Gasteiger partial charge on any atom is 0.304 e. The van der Waals surface area contributed by atoms with Crippen LogP contribution in [0, 0.1) is 0 Å². The Morgan fingerprint density at radius 2 is 1.73 bits per heavy atom. The molecule has 2 rings (SSSR count). The fourth-order valence-electron chi connectivity index (χ4n) is 2.81. The van der Waals surface area contributed by atoms with Gasteiger partial charge in [-0.15, -0.1) is 0 Å². The number of carboxylic acid groups (broad SMARTS) is 1. The van der Waals surface area contributed by atoms with Gasteiger partial charge in [-0.25, -0.2) is 0 Å². The van der Waals surface area contributed by atoms with E-state index in [2.05, 4.69) is 11.8 Å². The highest BCUT2D eigenvalue weighted by Crippen LogP contribution is 2.13. The second-order valence-corrected chi connectivity index (χ2v) is 5.83. The van der Waals surface area contributed by atoms with E-state index in [0.717, 1.165) is 25.1 Å². The minimum absolute atomic E-state index is 0.0126. The van der Waals surface area contributed by atoms with Gasteiger partial charge in [0.25, 0.3) is 5.91 Å². The van der Waals surface area contributed by atoms with Gasteiger partial charge in [-0.3, -0.25) is 14.5 Å². The Balaban J connectivity index is 1.90. The molecule has 1 unspecified atom stereocenters. The third-order valence-corrected chi connectivity index (χ3v) is 4.30. The van der Waals surface area contributed by atoms with Crippen molar-refractivity contribution in [1.82, 2.24) is 9.80 Å². The van der Waals surface area contributed by atoms with Gasteiger partial charge >= 0.3 is 5.97 Å². The molecule has 1 heterocycles. The number of benzene rings is 1. The normalized spacial score (nSPS) is 17.3. The van der Waals surface area contributed by atoms with Crippen molar-refractivity contribution in [2.24, 2.45) is 0 Å². The fraction of sp³-hybridized carbons (Fsp3) is 0.529. The Kier molecular flexibility index (Phi) is 5.55. The minimum atomic E-state index is -0.776. The maximum atomic E-state index is 12.5. The summed E-state index contributed by atoms with van der Waals surface area (Å²) in [7, 11) is 0. The number of carbonyl (C=O) groups is 2. The first-order chi connectivity index (χ1) is 10.5. The van der Waals surface area contributed by atoms with Crippen LogP contribution in [-0.4, -0.2) is 59.0 Å². The highest BCUT2D eigenvalue weighted by atomic mass is 16.4. The average molecular weight is 304 g/mol. The average Bonchev–Trinajstić information content (AvgIpc) is 2.54. The van der Waals surface area contributed by atoms with E-state index >= 15 is 0 Å². The molecule has 1 aliphatic heterocycles. The molecule has 0 aromatic heterocycles. The van der Waals surface area contributed by atoms with Gasteiger partial charge in [0.2, 0.25) is 0 Å². The number of carbonyl (C=O) groups excluding carboxylic acids is 1. The van der Waals surface area contributed by atoms with Gasteiger partial charge in [0, 0.05) is 37.8 Å². The highest BCUT2D eigenvalue weighted by Gasteiger charge is 2.25. The van der Waals surface area contributed by atoms with Crippen LogP contribution in [-0.2, 0) is 11.2 Å². The van der Waals surface area contributed by atoms with E-state index in [-0.39, 0.29) is 18.4 Å². The van der Waals surface area contributed by atoms with Crippen molar-refractivity contribution in [1.29, 1.82) is 0 Å². The van der Waals surface area contributed by atoms with E-state index in [4.69, 9.17) is 5.11 Å². The zero-order valence-electron chi connectivity index (χ0n) is 13.3. The lowest BCUT2D eigenvalue weighted by Gasteiger charge is -2.37. The summed E-state index contributed by atoms with van der Waals surface area (Å²) in [4.78, 5) is 27.2. The first kappa shape index (κ1) is 16.5. The number of hydrogen-bond donors (Lipinski definition) is 1. The third kappa shape index (κ3) is 4.07. The summed E-state index contributed by atoms with van der Waals surface area (Å²) in [6, 6.07) is 7.79. The summed E-state index contributed by atoms with van der Waals surface area (Å²) < 4.78 is 0. The molecule has 22 heavy (non-hydrogen) atoms. The van der Waals surface area contributed by atoms with Gasteiger partial charge in [-0.1, -0.05) is 19.1 Å². The molecule has 1 saturated heterocycles. The van der Waals surface area contributed by atoms with Crippen molar-refractivity contribution in [2.75, 3.05) is 26.2 Å². The number of piperazine rings is 1. The van der Waals surface area contributed by atoms with Crippen molar-refractivity contribution in [3.63, 3.8) is 0 Å². The zero-order chi connectivity index (χ0) is 16.1. The number of nitrogens with zero attached hydrogens (tertiary/aromatic N) is 2. The van der Waals surface area contributed by atoms with Crippen LogP contribution in [0.4, 0.5) is 0 Å². The summed E-state index contributed by atoms with van der Waals surface area (Å²) in [6.45, 7) is 6.78. The van der Waals surface area contributed by atoms with E-state index in [1.165, 1.54) is 5.56 Å². The summed E-state index contributed by atoms with van der Waals surface area (Å²) in [5, 5.41) is 8.85. The van der Waals surface area contributed by atoms with Gasteiger partial charge in [0.1, 0.15) is 0 Å². The van der Waals surface area contributed by atoms with Gasteiger partial charge in [0.05, 0.1) is 6.42 Å². The zero-order valence-corrected chi connectivity index (χ0v) is 13.3. The molecule has 1 N–H and O–H groups in total. The maximum absolute atomic E-state index is 12.5. The molecular weight excluding hydrogens is 280 g/mol. The monoisotopic (exact) mass is 304 g/mol. The van der Waals surface area contributed by atoms with E-state index in [1.54, 1.807) is 0 Å². The Hall–Kier alpha value is -1.88. The topological polar surface area (TPSA) is 60.9 Å². The molecule has 0 bridgehead atoms. The molecule has 1 aromatic rings. The number of amides is 1. The van der Waals surface area contributed by atoms with Crippen LogP contribution >= 0.6 is 0 Å². The third-order valence-electron chi connectivity index (χ3n) is 4.30. The predicted octanol–water partition coefficient (Wildman–Crippen LogP) is 1.87. The van der Waals surface area contributed by atoms with E-state index < -0.39 is 5.97 Å². The Bertz CT molecular complexity index is 519. The number of carboxylic acids is 1. The lowest BCUT2D eigenvalue weighted by atomic mass is 10.1. The lowest BCUT2D eigenvalue weighted by Crippen LogP contribution is -2.51. The lowest BCUT2D eigenvalue weighted by molar-refractivity contribution is -0.138. The molecule has 5 nitrogen and oxygen atoms in total. The summed E-state index contributed by atoms with van der Waals surface area (Å²) in [6.07, 6.45) is 1.11. The molecule has 1 fully saturated rings. The molecule has 1 aliphatic rings. The largest absolute Gasteiger partial charge is 0.481 e. The first-order valence-corrected chi connectivity index (χ1v) is 7.85. The van der Waals surface area contributed by atoms with Crippen molar-refractivity contribution in [3.05, 3.63) is 35.4 Å². The van der Waals surface area contributed by atoms with Gasteiger partial charge in [-0.05, 0) is 31.0 Å². The van der Waals surface area contributed by atoms with Gasteiger partial charge in [0.15, 0.2) is 0 Å². The second-order valence-electron chi connectivity index (χ2n) is 5.83. The smallest absolute Gasteiger partial charge is 0.304 e. The van der Waals surface area contributed by atoms with Crippen molar-refractivity contribution >= 4 is 11.9 Å². The van der Waals surface area contributed by atoms with Crippen LogP contribution in [0.5, 0.6) is 0 Å². The Labute approximate surface area is 131 Å². The van der Waals surface area contributed by atoms with Gasteiger partial charge in [-0.2, -0.15) is 0 Å². The Morgan fingerprint density at radius 3 is 2.23 bits per heavy atom. The molecule has 0 saturated carbocycles. The standard InChI is InChI=1S/C17H24N2O3/c1-3-14-4-6-15(7-5-14)17(22)19-10-8-18(9-11-19)13(2)12-16(20)21/h4-7,13H,3,8-12H2,1-2H3,(H,20,21). The van der Waals surface area contributed by atoms with E-state index in [1.807, 2.05) is 36.1 Å². The molecule has 120 valence electrons. The SMILES string of the molecule is CCc1ccc(C(=O)N2CCN(C(C)CC(=O)O)CC2)cc1. The van der Waals surface area contributed by atoms with Crippen molar-refractivity contribution in [3.8, 4) is 0 Å². The number of hydrogen-bond acceptors (Lipinski definition) is 3. The molecule has 1 atom stereocenters.